The third-order valence-electron chi connectivity index (χ3n) is 4.19. The molecule has 2 aromatic rings. The molecular weight excluding hydrogens is 279 g/mol. The first-order chi connectivity index (χ1) is 9.12. The van der Waals surface area contributed by atoms with Crippen LogP contribution in [-0.4, -0.2) is 9.97 Å². The quantitative estimate of drug-likeness (QED) is 0.738. The molecule has 0 N–H and O–H groups in total. The zero-order chi connectivity index (χ0) is 13.6. The van der Waals surface area contributed by atoms with Crippen LogP contribution in [0.25, 0.3) is 11.4 Å². The van der Waals surface area contributed by atoms with E-state index in [4.69, 9.17) is 23.2 Å². The van der Waals surface area contributed by atoms with E-state index >= 15 is 0 Å². The number of fused-ring (bicyclic) bond motifs is 3. The lowest BCUT2D eigenvalue weighted by molar-refractivity contribution is 0.489. The predicted molar refractivity (Wildman–Crippen MR) is 78.9 cm³/mol. The maximum absolute atomic E-state index is 6.04. The van der Waals surface area contributed by atoms with Gasteiger partial charge >= 0.3 is 0 Å². The molecular formula is C15H14Cl2N2. The molecule has 0 saturated heterocycles. The lowest BCUT2D eigenvalue weighted by Crippen LogP contribution is -2.23. The summed E-state index contributed by atoms with van der Waals surface area (Å²) in [6.07, 6.45) is 2.02. The average molecular weight is 293 g/mol. The Morgan fingerprint density at radius 2 is 1.26 bits per heavy atom. The van der Waals surface area contributed by atoms with E-state index in [0.717, 1.165) is 24.2 Å². The van der Waals surface area contributed by atoms with Crippen molar-refractivity contribution in [3.05, 3.63) is 45.7 Å². The number of rotatable bonds is 2. The second-order valence-electron chi connectivity index (χ2n) is 4.85. The van der Waals surface area contributed by atoms with Gasteiger partial charge in [-0.15, -0.1) is 0 Å². The molecule has 0 fully saturated rings. The minimum Gasteiger partial charge on any atom is -0.234 e. The highest BCUT2D eigenvalue weighted by molar-refractivity contribution is 6.30. The lowest BCUT2D eigenvalue weighted by Gasteiger charge is -2.28. The SMILES string of the molecule is CCC1(CC)c2ccc(Cl)nc2-c2nc(Cl)ccc21. The largest absolute Gasteiger partial charge is 0.234 e. The minimum absolute atomic E-state index is 0.0140. The number of aromatic nitrogens is 2. The van der Waals surface area contributed by atoms with Crippen LogP contribution in [0.15, 0.2) is 24.3 Å². The third kappa shape index (κ3) is 1.70. The summed E-state index contributed by atoms with van der Waals surface area (Å²) < 4.78 is 0. The van der Waals surface area contributed by atoms with Crippen LogP contribution < -0.4 is 0 Å². The monoisotopic (exact) mass is 292 g/mol. The van der Waals surface area contributed by atoms with Crippen molar-refractivity contribution in [2.24, 2.45) is 0 Å². The molecule has 3 rings (SSSR count). The topological polar surface area (TPSA) is 25.8 Å². The number of nitrogens with zero attached hydrogens (tertiary/aromatic N) is 2. The molecule has 0 bridgehead atoms. The zero-order valence-corrected chi connectivity index (χ0v) is 12.4. The Balaban J connectivity index is 2.39. The van der Waals surface area contributed by atoms with E-state index in [0.29, 0.717) is 10.3 Å². The fourth-order valence-electron chi connectivity index (χ4n) is 3.16. The molecule has 98 valence electrons. The highest BCUT2D eigenvalue weighted by Crippen LogP contribution is 2.51. The van der Waals surface area contributed by atoms with Crippen LogP contribution in [0.1, 0.15) is 37.8 Å². The van der Waals surface area contributed by atoms with E-state index in [1.807, 2.05) is 12.1 Å². The molecule has 0 radical (unpaired) electrons. The van der Waals surface area contributed by atoms with Gasteiger partial charge in [-0.3, -0.25) is 0 Å². The first-order valence-electron chi connectivity index (χ1n) is 6.47. The predicted octanol–water partition coefficient (Wildman–Crippen LogP) is 4.87. The standard InChI is InChI=1S/C15H14Cl2N2/c1-3-15(4-2)9-5-7-11(16)18-13(9)14-10(15)6-8-12(17)19-14/h5-8H,3-4H2,1-2H3. The van der Waals surface area contributed by atoms with E-state index in [9.17, 15) is 0 Å². The van der Waals surface area contributed by atoms with Crippen molar-refractivity contribution in [1.29, 1.82) is 0 Å². The van der Waals surface area contributed by atoms with Gasteiger partial charge in [0.2, 0.25) is 0 Å². The van der Waals surface area contributed by atoms with Gasteiger partial charge in [-0.2, -0.15) is 0 Å². The third-order valence-corrected chi connectivity index (χ3v) is 4.61. The molecule has 0 saturated carbocycles. The average Bonchev–Trinajstić information content (AvgIpc) is 2.68. The number of hydrogen-bond acceptors (Lipinski definition) is 2. The molecule has 1 aliphatic carbocycles. The Morgan fingerprint density at radius 3 is 1.63 bits per heavy atom. The van der Waals surface area contributed by atoms with Gasteiger partial charge in [0.05, 0.1) is 11.4 Å². The summed E-state index contributed by atoms with van der Waals surface area (Å²) in [7, 11) is 0. The molecule has 0 atom stereocenters. The van der Waals surface area contributed by atoms with Crippen molar-refractivity contribution in [3.63, 3.8) is 0 Å². The van der Waals surface area contributed by atoms with Gasteiger partial charge in [0.25, 0.3) is 0 Å². The van der Waals surface area contributed by atoms with Crippen LogP contribution in [0, 0.1) is 0 Å². The normalized spacial score (nSPS) is 15.2. The summed E-state index contributed by atoms with van der Waals surface area (Å²) in [5.74, 6) is 0. The van der Waals surface area contributed by atoms with Crippen LogP contribution in [0.5, 0.6) is 0 Å². The highest BCUT2D eigenvalue weighted by atomic mass is 35.5. The summed E-state index contributed by atoms with van der Waals surface area (Å²) in [5.41, 5.74) is 4.18. The second-order valence-corrected chi connectivity index (χ2v) is 5.62. The molecule has 2 aromatic heterocycles. The van der Waals surface area contributed by atoms with Crippen molar-refractivity contribution in [2.45, 2.75) is 32.1 Å². The summed E-state index contributed by atoms with van der Waals surface area (Å²) >= 11 is 12.1. The number of pyridine rings is 2. The van der Waals surface area contributed by atoms with E-state index < -0.39 is 0 Å². The van der Waals surface area contributed by atoms with Gasteiger partial charge < -0.3 is 0 Å². The Hall–Kier alpha value is -1.12. The Bertz CT molecular complexity index is 595. The molecule has 2 heterocycles. The van der Waals surface area contributed by atoms with E-state index in [1.165, 1.54) is 11.1 Å². The molecule has 0 spiro atoms. The smallest absolute Gasteiger partial charge is 0.129 e. The summed E-state index contributed by atoms with van der Waals surface area (Å²) in [6, 6.07) is 7.86. The van der Waals surface area contributed by atoms with Crippen LogP contribution in [0.3, 0.4) is 0 Å². The van der Waals surface area contributed by atoms with Gasteiger partial charge in [-0.05, 0) is 36.1 Å². The Morgan fingerprint density at radius 1 is 0.842 bits per heavy atom. The first-order valence-corrected chi connectivity index (χ1v) is 7.22. The molecule has 0 aromatic carbocycles. The lowest BCUT2D eigenvalue weighted by atomic mass is 9.74. The van der Waals surface area contributed by atoms with Crippen molar-refractivity contribution >= 4 is 23.2 Å². The van der Waals surface area contributed by atoms with Crippen molar-refractivity contribution in [1.82, 2.24) is 9.97 Å². The van der Waals surface area contributed by atoms with Crippen LogP contribution >= 0.6 is 23.2 Å². The van der Waals surface area contributed by atoms with Crippen molar-refractivity contribution in [3.8, 4) is 11.4 Å². The highest BCUT2D eigenvalue weighted by Gasteiger charge is 2.42. The van der Waals surface area contributed by atoms with E-state index in [2.05, 4.69) is 35.9 Å². The van der Waals surface area contributed by atoms with Gasteiger partial charge in [-0.25, -0.2) is 9.97 Å². The zero-order valence-electron chi connectivity index (χ0n) is 10.9. The first kappa shape index (κ1) is 12.9. The minimum atomic E-state index is -0.0140. The fourth-order valence-corrected chi connectivity index (χ4v) is 3.46. The van der Waals surface area contributed by atoms with Crippen molar-refractivity contribution < 1.29 is 0 Å². The fraction of sp³-hybridized carbons (Fsp3) is 0.333. The molecule has 2 nitrogen and oxygen atoms in total. The molecule has 0 aliphatic heterocycles. The molecule has 0 amide bonds. The molecule has 0 unspecified atom stereocenters. The Kier molecular flexibility index (Phi) is 3.03. The van der Waals surface area contributed by atoms with E-state index in [1.54, 1.807) is 0 Å². The van der Waals surface area contributed by atoms with Crippen LogP contribution in [-0.2, 0) is 5.41 Å². The number of halogens is 2. The molecule has 4 heteroatoms. The molecule has 1 aliphatic rings. The summed E-state index contributed by atoms with van der Waals surface area (Å²) in [5, 5.41) is 0.990. The van der Waals surface area contributed by atoms with Crippen LogP contribution in [0.2, 0.25) is 10.3 Å². The Labute approximate surface area is 122 Å². The maximum atomic E-state index is 6.04. The maximum Gasteiger partial charge on any atom is 0.129 e. The van der Waals surface area contributed by atoms with Gasteiger partial charge in [-0.1, -0.05) is 49.2 Å². The van der Waals surface area contributed by atoms with Gasteiger partial charge in [0, 0.05) is 5.41 Å². The van der Waals surface area contributed by atoms with Gasteiger partial charge in [0.1, 0.15) is 10.3 Å². The van der Waals surface area contributed by atoms with Crippen molar-refractivity contribution in [2.75, 3.05) is 0 Å². The second kappa shape index (κ2) is 4.46. The van der Waals surface area contributed by atoms with Crippen LogP contribution in [0.4, 0.5) is 0 Å². The summed E-state index contributed by atoms with van der Waals surface area (Å²) in [6.45, 7) is 4.40. The van der Waals surface area contributed by atoms with E-state index in [-0.39, 0.29) is 5.41 Å². The van der Waals surface area contributed by atoms with Gasteiger partial charge in [0.15, 0.2) is 0 Å². The number of hydrogen-bond donors (Lipinski definition) is 0. The molecule has 19 heavy (non-hydrogen) atoms. The summed E-state index contributed by atoms with van der Waals surface area (Å²) in [4.78, 5) is 8.94.